The molecule has 2 unspecified atom stereocenters. The van der Waals surface area contributed by atoms with Crippen LogP contribution < -0.4 is 0 Å². The van der Waals surface area contributed by atoms with Crippen LogP contribution in [0.4, 0.5) is 0 Å². The van der Waals surface area contributed by atoms with Gasteiger partial charge in [-0.15, -0.1) is 6.58 Å². The SMILES string of the molecule is C=CC(C/C=C(\C)n1nc(CC(C(=O)O)c2cccc(C)c2)cc1-c1ccc(Cl)c(Cl)c1)OC. The van der Waals surface area contributed by atoms with Crippen molar-refractivity contribution in [3.63, 3.8) is 0 Å². The molecule has 0 saturated carbocycles. The molecule has 0 saturated heterocycles. The molecule has 0 aliphatic carbocycles. The summed E-state index contributed by atoms with van der Waals surface area (Å²) < 4.78 is 7.19. The van der Waals surface area contributed by atoms with Gasteiger partial charge in [0.25, 0.3) is 0 Å². The molecule has 0 spiro atoms. The molecule has 0 amide bonds. The van der Waals surface area contributed by atoms with Crippen LogP contribution in [-0.4, -0.2) is 34.1 Å². The Morgan fingerprint density at radius 3 is 2.59 bits per heavy atom. The van der Waals surface area contributed by atoms with Crippen LogP contribution >= 0.6 is 23.2 Å². The van der Waals surface area contributed by atoms with Crippen molar-refractivity contribution < 1.29 is 14.6 Å². The van der Waals surface area contributed by atoms with Crippen LogP contribution in [0.15, 0.2) is 67.3 Å². The zero-order chi connectivity index (χ0) is 24.8. The van der Waals surface area contributed by atoms with Gasteiger partial charge in [0.05, 0.1) is 33.5 Å². The predicted molar refractivity (Wildman–Crippen MR) is 139 cm³/mol. The van der Waals surface area contributed by atoms with E-state index in [0.717, 1.165) is 28.1 Å². The lowest BCUT2D eigenvalue weighted by molar-refractivity contribution is -0.138. The number of hydrogen-bond acceptors (Lipinski definition) is 3. The van der Waals surface area contributed by atoms with Crippen molar-refractivity contribution in [3.8, 4) is 11.3 Å². The minimum absolute atomic E-state index is 0.115. The molecule has 0 fully saturated rings. The lowest BCUT2D eigenvalue weighted by Crippen LogP contribution is -2.15. The number of carboxylic acid groups (broad SMARTS) is 1. The number of benzene rings is 2. The highest BCUT2D eigenvalue weighted by Gasteiger charge is 2.23. The van der Waals surface area contributed by atoms with E-state index in [4.69, 9.17) is 33.0 Å². The molecule has 2 aromatic carbocycles. The van der Waals surface area contributed by atoms with Crippen molar-refractivity contribution in [2.45, 2.75) is 38.7 Å². The third-order valence-electron chi connectivity index (χ3n) is 5.68. The summed E-state index contributed by atoms with van der Waals surface area (Å²) in [7, 11) is 1.64. The maximum atomic E-state index is 12.1. The van der Waals surface area contributed by atoms with E-state index < -0.39 is 11.9 Å². The van der Waals surface area contributed by atoms with E-state index in [2.05, 4.69) is 6.58 Å². The first-order chi connectivity index (χ1) is 16.2. The fraction of sp³-hybridized carbons (Fsp3) is 0.259. The van der Waals surface area contributed by atoms with Gasteiger partial charge in [0, 0.05) is 24.8 Å². The number of carbonyl (C=O) groups is 1. The summed E-state index contributed by atoms with van der Waals surface area (Å²) in [6, 6.07) is 14.9. The van der Waals surface area contributed by atoms with Crippen molar-refractivity contribution in [1.29, 1.82) is 0 Å². The second-order valence-electron chi connectivity index (χ2n) is 8.16. The number of halogens is 2. The molecule has 0 radical (unpaired) electrons. The zero-order valence-corrected chi connectivity index (χ0v) is 21.0. The van der Waals surface area contributed by atoms with Crippen molar-refractivity contribution in [3.05, 3.63) is 94.1 Å². The van der Waals surface area contributed by atoms with Gasteiger partial charge in [0.1, 0.15) is 0 Å². The number of allylic oxidation sites excluding steroid dienone is 1. The van der Waals surface area contributed by atoms with Gasteiger partial charge in [0.15, 0.2) is 0 Å². The van der Waals surface area contributed by atoms with Gasteiger partial charge in [-0.25, -0.2) is 4.68 Å². The van der Waals surface area contributed by atoms with Gasteiger partial charge >= 0.3 is 5.97 Å². The molecule has 34 heavy (non-hydrogen) atoms. The predicted octanol–water partition coefficient (Wildman–Crippen LogP) is 7.03. The Morgan fingerprint density at radius 1 is 1.21 bits per heavy atom. The summed E-state index contributed by atoms with van der Waals surface area (Å²) in [6.45, 7) is 7.69. The molecule has 0 aliphatic heterocycles. The van der Waals surface area contributed by atoms with E-state index in [1.807, 2.05) is 56.3 Å². The van der Waals surface area contributed by atoms with E-state index in [1.54, 1.807) is 30.0 Å². The normalized spacial score (nSPS) is 13.5. The first-order valence-electron chi connectivity index (χ1n) is 10.9. The highest BCUT2D eigenvalue weighted by molar-refractivity contribution is 6.42. The van der Waals surface area contributed by atoms with Gasteiger partial charge < -0.3 is 9.84 Å². The molecule has 2 atom stereocenters. The number of nitrogens with zero attached hydrogens (tertiary/aromatic N) is 2. The van der Waals surface area contributed by atoms with E-state index in [-0.39, 0.29) is 12.5 Å². The second kappa shape index (κ2) is 11.5. The van der Waals surface area contributed by atoms with Crippen molar-refractivity contribution in [2.24, 2.45) is 0 Å². The highest BCUT2D eigenvalue weighted by Crippen LogP contribution is 2.32. The van der Waals surface area contributed by atoms with E-state index >= 15 is 0 Å². The molecule has 178 valence electrons. The van der Waals surface area contributed by atoms with Crippen molar-refractivity contribution >= 4 is 34.9 Å². The van der Waals surface area contributed by atoms with Crippen LogP contribution in [0, 0.1) is 6.92 Å². The summed E-state index contributed by atoms with van der Waals surface area (Å²) in [5, 5.41) is 15.6. The van der Waals surface area contributed by atoms with E-state index in [0.29, 0.717) is 22.2 Å². The number of ether oxygens (including phenoxy) is 1. The highest BCUT2D eigenvalue weighted by atomic mass is 35.5. The Bertz CT molecular complexity index is 1220. The Hall–Kier alpha value is -2.86. The van der Waals surface area contributed by atoms with Crippen LogP contribution in [0.5, 0.6) is 0 Å². The van der Waals surface area contributed by atoms with Gasteiger partial charge in [-0.2, -0.15) is 5.10 Å². The lowest BCUT2D eigenvalue weighted by atomic mass is 9.93. The monoisotopic (exact) mass is 498 g/mol. The van der Waals surface area contributed by atoms with Crippen molar-refractivity contribution in [1.82, 2.24) is 9.78 Å². The number of carboxylic acids is 1. The molecule has 3 rings (SSSR count). The molecule has 0 bridgehead atoms. The fourth-order valence-corrected chi connectivity index (χ4v) is 4.06. The summed E-state index contributed by atoms with van der Waals surface area (Å²) >= 11 is 12.4. The average molecular weight is 499 g/mol. The summed E-state index contributed by atoms with van der Waals surface area (Å²) in [6.07, 6.45) is 4.53. The summed E-state index contributed by atoms with van der Waals surface area (Å²) in [5.74, 6) is -1.61. The maximum absolute atomic E-state index is 12.1. The number of aromatic nitrogens is 2. The van der Waals surface area contributed by atoms with Gasteiger partial charge in [-0.3, -0.25) is 4.79 Å². The number of rotatable bonds is 10. The quantitative estimate of drug-likeness (QED) is 0.304. The molecule has 1 aromatic heterocycles. The largest absolute Gasteiger partial charge is 0.481 e. The average Bonchev–Trinajstić information content (AvgIpc) is 3.23. The number of aliphatic carboxylic acids is 1. The Balaban J connectivity index is 2.04. The van der Waals surface area contributed by atoms with E-state index in [9.17, 15) is 9.90 Å². The van der Waals surface area contributed by atoms with Gasteiger partial charge in [0.2, 0.25) is 0 Å². The van der Waals surface area contributed by atoms with Gasteiger partial charge in [-0.1, -0.05) is 71.2 Å². The van der Waals surface area contributed by atoms with Gasteiger partial charge in [-0.05, 0) is 44.0 Å². The molecule has 0 aliphatic rings. The molecule has 1 heterocycles. The fourth-order valence-electron chi connectivity index (χ4n) is 3.77. The Labute approximate surface area is 210 Å². The summed E-state index contributed by atoms with van der Waals surface area (Å²) in [4.78, 5) is 12.1. The molecule has 1 N–H and O–H groups in total. The van der Waals surface area contributed by atoms with Crippen molar-refractivity contribution in [2.75, 3.05) is 7.11 Å². The smallest absolute Gasteiger partial charge is 0.311 e. The minimum Gasteiger partial charge on any atom is -0.481 e. The second-order valence-corrected chi connectivity index (χ2v) is 8.98. The first-order valence-corrected chi connectivity index (χ1v) is 11.6. The lowest BCUT2D eigenvalue weighted by Gasteiger charge is -2.12. The van der Waals surface area contributed by atoms with Crippen LogP contribution in [0.2, 0.25) is 10.0 Å². The number of methoxy groups -OCH3 is 1. The first kappa shape index (κ1) is 25.8. The molecular weight excluding hydrogens is 471 g/mol. The zero-order valence-electron chi connectivity index (χ0n) is 19.5. The molecule has 5 nitrogen and oxygen atoms in total. The van der Waals surface area contributed by atoms with Crippen LogP contribution in [-0.2, 0) is 16.0 Å². The van der Waals surface area contributed by atoms with Crippen LogP contribution in [0.25, 0.3) is 17.0 Å². The summed E-state index contributed by atoms with van der Waals surface area (Å²) in [5.41, 5.74) is 4.92. The number of hydrogen-bond donors (Lipinski definition) is 1. The molecule has 3 aromatic rings. The topological polar surface area (TPSA) is 64.4 Å². The van der Waals surface area contributed by atoms with Crippen LogP contribution in [0.3, 0.4) is 0 Å². The molecule has 7 heteroatoms. The maximum Gasteiger partial charge on any atom is 0.311 e. The Kier molecular flexibility index (Phi) is 8.72. The third-order valence-corrected chi connectivity index (χ3v) is 6.42. The standard InChI is InChI=1S/C27H28Cl2N2O3/c1-5-22(34-4)11-9-18(3)31-26(20-10-12-24(28)25(29)14-20)16-21(30-31)15-23(27(32)33)19-8-6-7-17(2)13-19/h5-10,12-14,16,22-23H,1,11,15H2,2-4H3,(H,32,33)/b18-9+. The minimum atomic E-state index is -0.891. The molecular formula is C27H28Cl2N2O3. The number of aryl methyl sites for hydroxylation is 1. The Morgan fingerprint density at radius 2 is 1.97 bits per heavy atom. The van der Waals surface area contributed by atoms with E-state index in [1.165, 1.54) is 0 Å². The third kappa shape index (κ3) is 6.17. The van der Waals surface area contributed by atoms with Crippen LogP contribution in [0.1, 0.15) is 36.1 Å².